The number of carbonyl (C=O) groups is 2. The molecule has 3 amide bonds. The third kappa shape index (κ3) is 5.65. The topological polar surface area (TPSA) is 105 Å². The fourth-order valence-corrected chi connectivity index (χ4v) is 4.30. The number of rotatable bonds is 7. The zero-order valence-electron chi connectivity index (χ0n) is 17.7. The Hall–Kier alpha value is -3.37. The zero-order chi connectivity index (χ0) is 22.3. The maximum absolute atomic E-state index is 12.3. The number of ether oxygens (including phenoxy) is 2. The van der Waals surface area contributed by atoms with Crippen molar-refractivity contribution in [3.63, 3.8) is 0 Å². The quantitative estimate of drug-likeness (QED) is 0.505. The van der Waals surface area contributed by atoms with Gasteiger partial charge in [-0.1, -0.05) is 11.3 Å². The maximum Gasteiger partial charge on any atom is 0.319 e. The monoisotopic (exact) mass is 455 g/mol. The van der Waals surface area contributed by atoms with E-state index in [2.05, 4.69) is 25.8 Å². The molecule has 1 aliphatic rings. The predicted molar refractivity (Wildman–Crippen MR) is 126 cm³/mol. The Morgan fingerprint density at radius 2 is 1.84 bits per heavy atom. The molecule has 1 saturated heterocycles. The van der Waals surface area contributed by atoms with Crippen LogP contribution in [0.5, 0.6) is 5.75 Å². The van der Waals surface area contributed by atoms with Crippen LogP contribution in [-0.4, -0.2) is 56.9 Å². The maximum atomic E-state index is 12.3. The summed E-state index contributed by atoms with van der Waals surface area (Å²) >= 11 is 1.60. The van der Waals surface area contributed by atoms with Crippen molar-refractivity contribution in [3.05, 3.63) is 42.5 Å². The van der Waals surface area contributed by atoms with Crippen LogP contribution in [0.3, 0.4) is 0 Å². The minimum Gasteiger partial charge on any atom is -0.497 e. The van der Waals surface area contributed by atoms with Gasteiger partial charge in [0.05, 0.1) is 30.5 Å². The van der Waals surface area contributed by atoms with Crippen LogP contribution < -0.4 is 25.6 Å². The summed E-state index contributed by atoms with van der Waals surface area (Å²) in [6.07, 6.45) is 0.162. The molecule has 32 heavy (non-hydrogen) atoms. The van der Waals surface area contributed by atoms with E-state index in [9.17, 15) is 9.59 Å². The average Bonchev–Trinajstić information content (AvgIpc) is 3.24. The van der Waals surface area contributed by atoms with E-state index in [1.54, 1.807) is 42.7 Å². The molecular formula is C22H25N5O4S. The Bertz CT molecular complexity index is 1080. The van der Waals surface area contributed by atoms with E-state index in [0.29, 0.717) is 30.3 Å². The minimum absolute atomic E-state index is 0.162. The van der Waals surface area contributed by atoms with Gasteiger partial charge in [-0.25, -0.2) is 9.78 Å². The summed E-state index contributed by atoms with van der Waals surface area (Å²) in [6, 6.07) is 12.3. The van der Waals surface area contributed by atoms with Crippen molar-refractivity contribution in [1.29, 1.82) is 0 Å². The summed E-state index contributed by atoms with van der Waals surface area (Å²) in [7, 11) is 1.58. The molecular weight excluding hydrogens is 430 g/mol. The molecule has 10 heteroatoms. The van der Waals surface area contributed by atoms with Gasteiger partial charge in [0.2, 0.25) is 5.91 Å². The highest BCUT2D eigenvalue weighted by atomic mass is 32.1. The van der Waals surface area contributed by atoms with Gasteiger partial charge in [0.15, 0.2) is 5.13 Å². The lowest BCUT2D eigenvalue weighted by atomic mass is 10.3. The standard InChI is InChI=1S/C22H25N5O4S/c1-30-17-5-2-15(3-6-17)25-21(29)23-9-8-20(28)24-16-4-7-18-19(14-16)32-22(26-18)27-10-12-31-13-11-27/h2-7,14H,8-13H2,1H3,(H,24,28)(H2,23,25,29). The molecule has 4 rings (SSSR count). The molecule has 3 aromatic rings. The van der Waals surface area contributed by atoms with Crippen molar-refractivity contribution in [2.45, 2.75) is 6.42 Å². The zero-order valence-corrected chi connectivity index (χ0v) is 18.5. The van der Waals surface area contributed by atoms with Crippen molar-refractivity contribution in [3.8, 4) is 5.75 Å². The van der Waals surface area contributed by atoms with Gasteiger partial charge in [0.25, 0.3) is 0 Å². The van der Waals surface area contributed by atoms with Crippen LogP contribution in [-0.2, 0) is 9.53 Å². The molecule has 0 aliphatic carbocycles. The van der Waals surface area contributed by atoms with Crippen LogP contribution in [0.15, 0.2) is 42.5 Å². The second-order valence-electron chi connectivity index (χ2n) is 7.19. The SMILES string of the molecule is COc1ccc(NC(=O)NCCC(=O)Nc2ccc3nc(N4CCOCC4)sc3c2)cc1. The number of fused-ring (bicyclic) bond motifs is 1. The molecule has 0 saturated carbocycles. The van der Waals surface area contributed by atoms with E-state index in [4.69, 9.17) is 9.47 Å². The smallest absolute Gasteiger partial charge is 0.319 e. The summed E-state index contributed by atoms with van der Waals surface area (Å²) in [5.74, 6) is 0.536. The van der Waals surface area contributed by atoms with Crippen LogP contribution in [0.1, 0.15) is 6.42 Å². The van der Waals surface area contributed by atoms with Gasteiger partial charge in [-0.2, -0.15) is 0 Å². The Kier molecular flexibility index (Phi) is 7.03. The van der Waals surface area contributed by atoms with Gasteiger partial charge >= 0.3 is 6.03 Å². The molecule has 1 fully saturated rings. The summed E-state index contributed by atoms with van der Waals surface area (Å²) < 4.78 is 11.5. The summed E-state index contributed by atoms with van der Waals surface area (Å²) in [4.78, 5) is 31.2. The van der Waals surface area contributed by atoms with E-state index in [-0.39, 0.29) is 24.9 Å². The first kappa shape index (κ1) is 21.8. The summed E-state index contributed by atoms with van der Waals surface area (Å²) in [5, 5.41) is 9.24. The van der Waals surface area contributed by atoms with Crippen molar-refractivity contribution in [2.75, 3.05) is 55.5 Å². The first-order valence-electron chi connectivity index (χ1n) is 10.3. The Labute approximate surface area is 189 Å². The van der Waals surface area contributed by atoms with E-state index < -0.39 is 0 Å². The van der Waals surface area contributed by atoms with E-state index in [1.807, 2.05) is 18.2 Å². The number of urea groups is 1. The second-order valence-corrected chi connectivity index (χ2v) is 8.20. The van der Waals surface area contributed by atoms with Crippen LogP contribution in [0, 0.1) is 0 Å². The number of morpholine rings is 1. The molecule has 0 unspecified atom stereocenters. The number of amides is 3. The van der Waals surface area contributed by atoms with Crippen molar-refractivity contribution < 1.29 is 19.1 Å². The number of thiazole rings is 1. The normalized spacial score (nSPS) is 13.6. The van der Waals surface area contributed by atoms with Gasteiger partial charge < -0.3 is 30.3 Å². The first-order chi connectivity index (χ1) is 15.6. The van der Waals surface area contributed by atoms with E-state index >= 15 is 0 Å². The van der Waals surface area contributed by atoms with Crippen LogP contribution >= 0.6 is 11.3 Å². The van der Waals surface area contributed by atoms with Crippen molar-refractivity contribution in [2.24, 2.45) is 0 Å². The highest BCUT2D eigenvalue weighted by molar-refractivity contribution is 7.22. The Morgan fingerprint density at radius 1 is 1.09 bits per heavy atom. The number of aromatic nitrogens is 1. The molecule has 1 aromatic heterocycles. The fraction of sp³-hybridized carbons (Fsp3) is 0.318. The molecule has 0 atom stereocenters. The number of anilines is 3. The summed E-state index contributed by atoms with van der Waals surface area (Å²) in [5.41, 5.74) is 2.26. The fourth-order valence-electron chi connectivity index (χ4n) is 3.24. The number of nitrogens with zero attached hydrogens (tertiary/aromatic N) is 2. The van der Waals surface area contributed by atoms with Gasteiger partial charge in [0.1, 0.15) is 5.75 Å². The van der Waals surface area contributed by atoms with Crippen molar-refractivity contribution >= 4 is 50.0 Å². The van der Waals surface area contributed by atoms with Crippen LogP contribution in [0.4, 0.5) is 21.3 Å². The number of methoxy groups -OCH3 is 1. The molecule has 1 aliphatic heterocycles. The number of hydrogen-bond acceptors (Lipinski definition) is 7. The molecule has 0 spiro atoms. The lowest BCUT2D eigenvalue weighted by molar-refractivity contribution is -0.116. The van der Waals surface area contributed by atoms with Crippen LogP contribution in [0.25, 0.3) is 10.2 Å². The van der Waals surface area contributed by atoms with Gasteiger partial charge in [-0.15, -0.1) is 0 Å². The Balaban J connectivity index is 1.24. The minimum atomic E-state index is -0.371. The molecule has 168 valence electrons. The Morgan fingerprint density at radius 3 is 2.59 bits per heavy atom. The molecule has 2 aromatic carbocycles. The van der Waals surface area contributed by atoms with Crippen LogP contribution in [0.2, 0.25) is 0 Å². The third-order valence-corrected chi connectivity index (χ3v) is 6.01. The molecule has 9 nitrogen and oxygen atoms in total. The average molecular weight is 456 g/mol. The third-order valence-electron chi connectivity index (χ3n) is 4.93. The van der Waals surface area contributed by atoms with Gasteiger partial charge in [-0.05, 0) is 42.5 Å². The largest absolute Gasteiger partial charge is 0.497 e. The van der Waals surface area contributed by atoms with Crippen molar-refractivity contribution in [1.82, 2.24) is 10.3 Å². The van der Waals surface area contributed by atoms with E-state index in [0.717, 1.165) is 28.4 Å². The number of benzene rings is 2. The number of carbonyl (C=O) groups excluding carboxylic acids is 2. The van der Waals surface area contributed by atoms with E-state index in [1.165, 1.54) is 0 Å². The number of hydrogen-bond donors (Lipinski definition) is 3. The van der Waals surface area contributed by atoms with Gasteiger partial charge in [0, 0.05) is 37.4 Å². The first-order valence-corrected chi connectivity index (χ1v) is 11.1. The predicted octanol–water partition coefficient (Wildman–Crippen LogP) is 3.29. The summed E-state index contributed by atoms with van der Waals surface area (Å²) in [6.45, 7) is 3.31. The highest BCUT2D eigenvalue weighted by Gasteiger charge is 2.16. The highest BCUT2D eigenvalue weighted by Crippen LogP contribution is 2.31. The molecule has 0 radical (unpaired) electrons. The second kappa shape index (κ2) is 10.3. The molecule has 3 N–H and O–H groups in total. The lowest BCUT2D eigenvalue weighted by Crippen LogP contribution is -2.36. The number of nitrogens with one attached hydrogen (secondary N) is 3. The van der Waals surface area contributed by atoms with Gasteiger partial charge in [-0.3, -0.25) is 4.79 Å². The molecule has 2 heterocycles. The lowest BCUT2D eigenvalue weighted by Gasteiger charge is -2.25. The molecule has 0 bridgehead atoms.